The predicted molar refractivity (Wildman–Crippen MR) is 79.9 cm³/mol. The van der Waals surface area contributed by atoms with E-state index in [2.05, 4.69) is 12.2 Å². The van der Waals surface area contributed by atoms with Crippen LogP contribution in [-0.4, -0.2) is 6.54 Å². The molecule has 1 atom stereocenters. The van der Waals surface area contributed by atoms with Gasteiger partial charge in [-0.25, -0.2) is 4.39 Å². The first-order chi connectivity index (χ1) is 9.61. The van der Waals surface area contributed by atoms with Crippen LogP contribution in [-0.2, 0) is 6.42 Å². The maximum atomic E-state index is 13.3. The minimum atomic E-state index is -0.295. The second kappa shape index (κ2) is 7.11. The topological polar surface area (TPSA) is 25.2 Å². The SMILES string of the molecule is CCCNC(Cc1cc(F)ccc1Cl)c1ccoc1Cl. The third kappa shape index (κ3) is 3.75. The first-order valence-electron chi connectivity index (χ1n) is 6.52. The Kier molecular flexibility index (Phi) is 5.46. The van der Waals surface area contributed by atoms with E-state index >= 15 is 0 Å². The van der Waals surface area contributed by atoms with Gasteiger partial charge in [-0.2, -0.15) is 0 Å². The van der Waals surface area contributed by atoms with Gasteiger partial charge >= 0.3 is 0 Å². The van der Waals surface area contributed by atoms with Gasteiger partial charge in [0.15, 0.2) is 5.22 Å². The fourth-order valence-electron chi connectivity index (χ4n) is 2.08. The van der Waals surface area contributed by atoms with Crippen molar-refractivity contribution in [2.24, 2.45) is 0 Å². The van der Waals surface area contributed by atoms with Crippen LogP contribution in [0.4, 0.5) is 4.39 Å². The summed E-state index contributed by atoms with van der Waals surface area (Å²) in [6.07, 6.45) is 3.09. The summed E-state index contributed by atoms with van der Waals surface area (Å²) >= 11 is 12.2. The summed E-state index contributed by atoms with van der Waals surface area (Å²) in [5.41, 5.74) is 1.61. The molecule has 1 aromatic heterocycles. The van der Waals surface area contributed by atoms with E-state index in [9.17, 15) is 4.39 Å². The van der Waals surface area contributed by atoms with Crippen LogP contribution in [0.1, 0.15) is 30.5 Å². The Labute approximate surface area is 127 Å². The van der Waals surface area contributed by atoms with Gasteiger partial charge in [-0.3, -0.25) is 0 Å². The molecule has 1 heterocycles. The Morgan fingerprint density at radius 1 is 1.30 bits per heavy atom. The molecular formula is C15H16Cl2FNO. The number of hydrogen-bond acceptors (Lipinski definition) is 2. The Bertz CT molecular complexity index is 571. The van der Waals surface area contributed by atoms with Crippen molar-refractivity contribution >= 4 is 23.2 Å². The van der Waals surface area contributed by atoms with Gasteiger partial charge in [-0.15, -0.1) is 0 Å². The first kappa shape index (κ1) is 15.4. The Hall–Kier alpha value is -1.03. The lowest BCUT2D eigenvalue weighted by Crippen LogP contribution is -2.24. The monoisotopic (exact) mass is 315 g/mol. The van der Waals surface area contributed by atoms with Crippen molar-refractivity contribution in [2.75, 3.05) is 6.54 Å². The lowest BCUT2D eigenvalue weighted by Gasteiger charge is -2.18. The van der Waals surface area contributed by atoms with Gasteiger partial charge in [-0.1, -0.05) is 18.5 Å². The van der Waals surface area contributed by atoms with Crippen molar-refractivity contribution in [2.45, 2.75) is 25.8 Å². The summed E-state index contributed by atoms with van der Waals surface area (Å²) in [7, 11) is 0. The lowest BCUT2D eigenvalue weighted by atomic mass is 10.0. The van der Waals surface area contributed by atoms with E-state index in [0.717, 1.165) is 24.1 Å². The van der Waals surface area contributed by atoms with Crippen LogP contribution in [0, 0.1) is 5.82 Å². The number of hydrogen-bond donors (Lipinski definition) is 1. The van der Waals surface area contributed by atoms with Crippen LogP contribution in [0.25, 0.3) is 0 Å². The molecule has 2 nitrogen and oxygen atoms in total. The number of benzene rings is 1. The molecule has 0 fully saturated rings. The van der Waals surface area contributed by atoms with Crippen LogP contribution in [0.2, 0.25) is 10.2 Å². The van der Waals surface area contributed by atoms with Gasteiger partial charge in [-0.05, 0) is 60.8 Å². The quantitative estimate of drug-likeness (QED) is 0.810. The highest BCUT2D eigenvalue weighted by Crippen LogP contribution is 2.29. The summed E-state index contributed by atoms with van der Waals surface area (Å²) in [6, 6.07) is 6.14. The van der Waals surface area contributed by atoms with Crippen molar-refractivity contribution < 1.29 is 8.81 Å². The first-order valence-corrected chi connectivity index (χ1v) is 7.27. The fourth-order valence-corrected chi connectivity index (χ4v) is 2.52. The van der Waals surface area contributed by atoms with E-state index in [1.54, 1.807) is 12.3 Å². The second-order valence-corrected chi connectivity index (χ2v) is 5.35. The van der Waals surface area contributed by atoms with Crippen molar-refractivity contribution in [1.82, 2.24) is 5.32 Å². The lowest BCUT2D eigenvalue weighted by molar-refractivity contribution is 0.512. The van der Waals surface area contributed by atoms with Crippen LogP contribution in [0.5, 0.6) is 0 Å². The molecule has 0 bridgehead atoms. The molecule has 0 radical (unpaired) electrons. The van der Waals surface area contributed by atoms with E-state index in [1.165, 1.54) is 12.1 Å². The Morgan fingerprint density at radius 2 is 2.10 bits per heavy atom. The van der Waals surface area contributed by atoms with E-state index in [4.69, 9.17) is 27.6 Å². The zero-order valence-corrected chi connectivity index (χ0v) is 12.6. The summed E-state index contributed by atoms with van der Waals surface area (Å²) in [4.78, 5) is 0. The minimum Gasteiger partial charge on any atom is -0.453 e. The smallest absolute Gasteiger partial charge is 0.197 e. The van der Waals surface area contributed by atoms with Crippen LogP contribution < -0.4 is 5.32 Å². The molecule has 0 aliphatic heterocycles. The summed E-state index contributed by atoms with van der Waals surface area (Å²) < 4.78 is 18.5. The highest BCUT2D eigenvalue weighted by molar-refractivity contribution is 6.31. The normalized spacial score (nSPS) is 12.6. The third-order valence-corrected chi connectivity index (χ3v) is 3.77. The number of rotatable bonds is 6. The summed E-state index contributed by atoms with van der Waals surface area (Å²) in [5.74, 6) is -0.295. The van der Waals surface area contributed by atoms with Crippen LogP contribution in [0.15, 0.2) is 34.9 Å². The molecule has 0 saturated heterocycles. The molecular weight excluding hydrogens is 300 g/mol. The highest BCUT2D eigenvalue weighted by atomic mass is 35.5. The van der Waals surface area contributed by atoms with Crippen LogP contribution in [0.3, 0.4) is 0 Å². The average Bonchev–Trinajstić information content (AvgIpc) is 2.84. The molecule has 0 saturated carbocycles. The van der Waals surface area contributed by atoms with Gasteiger partial charge in [0, 0.05) is 16.6 Å². The van der Waals surface area contributed by atoms with Crippen LogP contribution >= 0.6 is 23.2 Å². The van der Waals surface area contributed by atoms with E-state index < -0.39 is 0 Å². The summed E-state index contributed by atoms with van der Waals surface area (Å²) in [6.45, 7) is 2.91. The van der Waals surface area contributed by atoms with Gasteiger partial charge in [0.2, 0.25) is 0 Å². The fraction of sp³-hybridized carbons (Fsp3) is 0.333. The predicted octanol–water partition coefficient (Wildman–Crippen LogP) is 5.01. The molecule has 2 aromatic rings. The van der Waals surface area contributed by atoms with E-state index in [0.29, 0.717) is 16.7 Å². The maximum absolute atomic E-state index is 13.3. The molecule has 2 rings (SSSR count). The van der Waals surface area contributed by atoms with Gasteiger partial charge in [0.05, 0.1) is 6.26 Å². The standard InChI is InChI=1S/C15H16Cl2FNO/c1-2-6-19-14(12-5-7-20-15(12)17)9-10-8-11(18)3-4-13(10)16/h3-5,7-8,14,19H,2,6,9H2,1H3. The molecule has 1 unspecified atom stereocenters. The molecule has 108 valence electrons. The molecule has 20 heavy (non-hydrogen) atoms. The number of nitrogens with one attached hydrogen (secondary N) is 1. The highest BCUT2D eigenvalue weighted by Gasteiger charge is 2.18. The van der Waals surface area contributed by atoms with Crippen molar-refractivity contribution in [3.05, 3.63) is 57.7 Å². The number of halogens is 3. The molecule has 0 aliphatic rings. The molecule has 0 spiro atoms. The zero-order chi connectivity index (χ0) is 14.5. The van der Waals surface area contributed by atoms with Gasteiger partial charge in [0.25, 0.3) is 0 Å². The zero-order valence-electron chi connectivity index (χ0n) is 11.1. The van der Waals surface area contributed by atoms with Crippen molar-refractivity contribution in [3.8, 4) is 0 Å². The molecule has 5 heteroatoms. The summed E-state index contributed by atoms with van der Waals surface area (Å²) in [5, 5.41) is 4.29. The van der Waals surface area contributed by atoms with Crippen molar-refractivity contribution in [1.29, 1.82) is 0 Å². The number of furan rings is 1. The third-order valence-electron chi connectivity index (χ3n) is 3.09. The maximum Gasteiger partial charge on any atom is 0.197 e. The van der Waals surface area contributed by atoms with Gasteiger partial charge < -0.3 is 9.73 Å². The Balaban J connectivity index is 2.23. The minimum absolute atomic E-state index is 0.0551. The average molecular weight is 316 g/mol. The molecule has 1 N–H and O–H groups in total. The van der Waals surface area contributed by atoms with E-state index in [-0.39, 0.29) is 11.9 Å². The van der Waals surface area contributed by atoms with E-state index in [1.807, 2.05) is 6.07 Å². The molecule has 1 aromatic carbocycles. The van der Waals surface area contributed by atoms with Gasteiger partial charge in [0.1, 0.15) is 5.82 Å². The Morgan fingerprint density at radius 3 is 2.75 bits per heavy atom. The molecule has 0 aliphatic carbocycles. The largest absolute Gasteiger partial charge is 0.453 e. The molecule has 0 amide bonds. The second-order valence-electron chi connectivity index (χ2n) is 4.60. The van der Waals surface area contributed by atoms with Crippen molar-refractivity contribution in [3.63, 3.8) is 0 Å².